The van der Waals surface area contributed by atoms with E-state index in [4.69, 9.17) is 13.0 Å². The Morgan fingerprint density at radius 2 is 2.03 bits per heavy atom. The number of benzene rings is 1. The molecule has 1 aromatic carbocycles. The summed E-state index contributed by atoms with van der Waals surface area (Å²) in [6, 6.07) is 5.72. The first kappa shape index (κ1) is 23.0. The summed E-state index contributed by atoms with van der Waals surface area (Å²) in [7, 11) is 0. The number of ketones is 1. The maximum absolute atomic E-state index is 15.1. The normalized spacial score (nSPS) is 35.0. The highest BCUT2D eigenvalue weighted by atomic mass is 19.3. The molecule has 4 aliphatic rings. The lowest BCUT2D eigenvalue weighted by molar-refractivity contribution is -0.209. The third-order valence-corrected chi connectivity index (χ3v) is 9.33. The van der Waals surface area contributed by atoms with E-state index in [9.17, 15) is 9.90 Å². The molecule has 0 bridgehead atoms. The van der Waals surface area contributed by atoms with Gasteiger partial charge in [0.25, 0.3) is 0 Å². The van der Waals surface area contributed by atoms with Gasteiger partial charge < -0.3 is 5.11 Å². The predicted molar refractivity (Wildman–Crippen MR) is 126 cm³/mol. The molecule has 0 spiro atoms. The molecule has 2 unspecified atom stereocenters. The van der Waals surface area contributed by atoms with Crippen LogP contribution in [-0.4, -0.2) is 22.4 Å². The minimum atomic E-state index is -3.62. The van der Waals surface area contributed by atoms with Crippen molar-refractivity contribution in [2.45, 2.75) is 76.2 Å². The second kappa shape index (κ2) is 7.62. The number of halogens is 2. The summed E-state index contributed by atoms with van der Waals surface area (Å²) in [6.07, 6.45) is 10.6. The number of rotatable bonds is 2. The van der Waals surface area contributed by atoms with Crippen LogP contribution in [0, 0.1) is 43.1 Å². The Labute approximate surface area is 199 Å². The van der Waals surface area contributed by atoms with Crippen molar-refractivity contribution in [3.63, 3.8) is 0 Å². The Bertz CT molecular complexity index is 1230. The topological polar surface area (TPSA) is 41.7 Å². The minimum absolute atomic E-state index is 0.0198. The summed E-state index contributed by atoms with van der Waals surface area (Å²) in [5.41, 5.74) is 2.65. The Kier molecular flexibility index (Phi) is 5.16. The van der Waals surface area contributed by atoms with Crippen LogP contribution in [0.1, 0.15) is 68.9 Å². The van der Waals surface area contributed by atoms with E-state index in [1.807, 2.05) is 19.1 Å². The maximum atomic E-state index is 15.1. The molecule has 3 nitrogen and oxygen atoms in total. The van der Waals surface area contributed by atoms with Crippen molar-refractivity contribution in [3.8, 4) is 12.3 Å². The van der Waals surface area contributed by atoms with Gasteiger partial charge in [-0.1, -0.05) is 30.7 Å². The number of nitrogens with zero attached hydrogens (tertiary/aromatic N) is 1. The number of fused-ring (bicyclic) bond motifs is 4. The number of terminal acetylenes is 1. The zero-order valence-electron chi connectivity index (χ0n) is 19.6. The second-order valence-corrected chi connectivity index (χ2v) is 10.8. The van der Waals surface area contributed by atoms with Gasteiger partial charge in [0, 0.05) is 17.8 Å². The standard InChI is InChI=1S/C29H29F2NO2/c1-5-29(30,31)28(34)13-12-24-22-9-6-19-15-20(33)8-10-21(19)26(22)23(16-27(24,28)3)18-7-11-25(32-4)17(2)14-18/h1,7,11,14-15,22-24,34H,6,8-10,12-13,16H2,2-3H3/t22?,23-,24?,27+,28+/m1/s1. The monoisotopic (exact) mass is 461 g/mol. The molecular formula is C29H29F2NO2. The molecule has 0 aromatic heterocycles. The van der Waals surface area contributed by atoms with E-state index >= 15 is 8.78 Å². The summed E-state index contributed by atoms with van der Waals surface area (Å²) < 4.78 is 30.2. The van der Waals surface area contributed by atoms with Gasteiger partial charge in [0.1, 0.15) is 5.60 Å². The van der Waals surface area contributed by atoms with Crippen molar-refractivity contribution in [1.82, 2.24) is 0 Å². The van der Waals surface area contributed by atoms with Gasteiger partial charge in [0.2, 0.25) is 0 Å². The van der Waals surface area contributed by atoms with Crippen LogP contribution in [0.4, 0.5) is 14.5 Å². The van der Waals surface area contributed by atoms with Gasteiger partial charge in [0.05, 0.1) is 6.57 Å². The smallest absolute Gasteiger partial charge is 0.336 e. The summed E-state index contributed by atoms with van der Waals surface area (Å²) in [5.74, 6) is -2.07. The Morgan fingerprint density at radius 1 is 1.26 bits per heavy atom. The van der Waals surface area contributed by atoms with E-state index in [0.29, 0.717) is 31.4 Å². The van der Waals surface area contributed by atoms with Crippen LogP contribution in [0.25, 0.3) is 4.85 Å². The molecule has 4 aliphatic carbocycles. The summed E-state index contributed by atoms with van der Waals surface area (Å²) in [4.78, 5) is 15.7. The Morgan fingerprint density at radius 3 is 2.71 bits per heavy atom. The zero-order valence-corrected chi connectivity index (χ0v) is 19.6. The van der Waals surface area contributed by atoms with Gasteiger partial charge in [-0.25, -0.2) is 4.85 Å². The highest BCUT2D eigenvalue weighted by Gasteiger charge is 2.71. The number of hydrogen-bond acceptors (Lipinski definition) is 2. The largest absolute Gasteiger partial charge is 0.382 e. The van der Waals surface area contributed by atoms with Gasteiger partial charge in [-0.05, 0) is 91.6 Å². The van der Waals surface area contributed by atoms with E-state index in [2.05, 4.69) is 4.85 Å². The predicted octanol–water partition coefficient (Wildman–Crippen LogP) is 6.44. The Hall–Kier alpha value is -2.76. The lowest BCUT2D eigenvalue weighted by atomic mass is 9.50. The van der Waals surface area contributed by atoms with Gasteiger partial charge in [0.15, 0.2) is 11.5 Å². The van der Waals surface area contributed by atoms with E-state index in [1.54, 1.807) is 25.0 Å². The van der Waals surface area contributed by atoms with Crippen LogP contribution in [0.5, 0.6) is 0 Å². The van der Waals surface area contributed by atoms with Crippen molar-refractivity contribution in [3.05, 3.63) is 63.5 Å². The zero-order chi connectivity index (χ0) is 24.5. The molecule has 1 aromatic rings. The fourth-order valence-electron chi connectivity index (χ4n) is 7.62. The fourth-order valence-corrected chi connectivity index (χ4v) is 7.62. The molecule has 0 amide bonds. The van der Waals surface area contributed by atoms with E-state index in [0.717, 1.165) is 29.5 Å². The molecule has 34 heavy (non-hydrogen) atoms. The van der Waals surface area contributed by atoms with Crippen LogP contribution < -0.4 is 0 Å². The number of hydrogen-bond donors (Lipinski definition) is 1. The lowest BCUT2D eigenvalue weighted by Gasteiger charge is -2.55. The SMILES string of the molecule is [C-]#[N+]c1ccc([C@H]2C[C@@]3(C)C(CC[C@@]3(O)C(F)(F)C#C)C3CCC4=CC(=O)CCC4=C32)cc1C. The minimum Gasteiger partial charge on any atom is -0.382 e. The number of alkyl halides is 2. The summed E-state index contributed by atoms with van der Waals surface area (Å²) in [6.45, 7) is 11.1. The molecule has 5 rings (SSSR count). The second-order valence-electron chi connectivity index (χ2n) is 10.8. The van der Waals surface area contributed by atoms with Gasteiger partial charge >= 0.3 is 5.92 Å². The first-order valence-electron chi connectivity index (χ1n) is 12.1. The molecule has 176 valence electrons. The average Bonchev–Trinajstić information content (AvgIpc) is 3.10. The van der Waals surface area contributed by atoms with Crippen molar-refractivity contribution in [2.24, 2.45) is 17.3 Å². The highest BCUT2D eigenvalue weighted by molar-refractivity contribution is 5.93. The van der Waals surface area contributed by atoms with Crippen LogP contribution in [-0.2, 0) is 4.79 Å². The molecule has 1 N–H and O–H groups in total. The van der Waals surface area contributed by atoms with Gasteiger partial charge in [-0.2, -0.15) is 8.78 Å². The quantitative estimate of drug-likeness (QED) is 0.407. The highest BCUT2D eigenvalue weighted by Crippen LogP contribution is 2.69. The van der Waals surface area contributed by atoms with Crippen LogP contribution in [0.3, 0.4) is 0 Å². The molecule has 0 heterocycles. The molecule has 2 fully saturated rings. The first-order valence-corrected chi connectivity index (χ1v) is 12.1. The summed E-state index contributed by atoms with van der Waals surface area (Å²) in [5, 5.41) is 11.5. The molecular weight excluding hydrogens is 432 g/mol. The molecule has 2 saturated carbocycles. The lowest BCUT2D eigenvalue weighted by Crippen LogP contribution is -2.60. The number of carbonyl (C=O) groups is 1. The van der Waals surface area contributed by atoms with E-state index in [-0.39, 0.29) is 30.0 Å². The van der Waals surface area contributed by atoms with E-state index in [1.165, 1.54) is 11.1 Å². The van der Waals surface area contributed by atoms with Crippen LogP contribution in [0.15, 0.2) is 41.0 Å². The average molecular weight is 462 g/mol. The third kappa shape index (κ3) is 2.99. The molecule has 5 heteroatoms. The van der Waals surface area contributed by atoms with Crippen molar-refractivity contribution in [2.75, 3.05) is 0 Å². The molecule has 5 atom stereocenters. The molecule has 0 saturated heterocycles. The number of aliphatic hydroxyl groups is 1. The van der Waals surface area contributed by atoms with Gasteiger partial charge in [-0.15, -0.1) is 6.42 Å². The van der Waals surface area contributed by atoms with Gasteiger partial charge in [-0.3, -0.25) is 4.79 Å². The van der Waals surface area contributed by atoms with Crippen LogP contribution >= 0.6 is 0 Å². The summed E-state index contributed by atoms with van der Waals surface area (Å²) >= 11 is 0. The van der Waals surface area contributed by atoms with E-state index < -0.39 is 16.9 Å². The fraction of sp³-hybridized carbons (Fsp3) is 0.517. The van der Waals surface area contributed by atoms with Crippen molar-refractivity contribution < 1.29 is 18.7 Å². The maximum Gasteiger partial charge on any atom is 0.336 e. The first-order chi connectivity index (χ1) is 16.1. The number of allylic oxidation sites excluding steroid dienone is 4. The number of carbonyl (C=O) groups excluding carboxylic acids is 1. The molecule has 0 aliphatic heterocycles. The molecule has 0 radical (unpaired) electrons. The van der Waals surface area contributed by atoms with Crippen LogP contribution in [0.2, 0.25) is 0 Å². The third-order valence-electron chi connectivity index (χ3n) is 9.33. The Balaban J connectivity index is 1.72. The number of aryl methyl sites for hydroxylation is 1. The van der Waals surface area contributed by atoms with Crippen molar-refractivity contribution >= 4 is 11.5 Å². The van der Waals surface area contributed by atoms with Crippen molar-refractivity contribution in [1.29, 1.82) is 0 Å².